The summed E-state index contributed by atoms with van der Waals surface area (Å²) in [6.45, 7) is 11.3. The van der Waals surface area contributed by atoms with Gasteiger partial charge in [0.05, 0.1) is 17.6 Å². The lowest BCUT2D eigenvalue weighted by Crippen LogP contribution is -2.51. The standard InChI is InChI=1S/C35H47F2N3O4/c1-6-11-40(12-7-2)33(42)27-13-24(5)19-35(20-27,34(38)43)31(17-26-14-28(36)18-29(37)15-26)32(41)22-39-21-25-9-8-10-30(16-25)44-23(3)4/h8-10,13-16,18-19,23,31-32,39,41H,6-7,11-12,17,20-22H2,1-5H3,(H2,38,43)/t31-,32+,35?/m1/s1. The number of carbonyl (C=O) groups is 2. The number of carbonyl (C=O) groups excluding carboxylic acids is 2. The quantitative estimate of drug-likeness (QED) is 0.234. The number of allylic oxidation sites excluding steroid dienone is 2. The minimum atomic E-state index is -1.48. The molecule has 1 aliphatic carbocycles. The predicted molar refractivity (Wildman–Crippen MR) is 169 cm³/mol. The zero-order valence-electron chi connectivity index (χ0n) is 26.5. The Morgan fingerprint density at radius 3 is 2.32 bits per heavy atom. The van der Waals surface area contributed by atoms with Crippen LogP contribution < -0.4 is 15.8 Å². The molecule has 0 radical (unpaired) electrons. The largest absolute Gasteiger partial charge is 0.491 e. The molecule has 0 fully saturated rings. The summed E-state index contributed by atoms with van der Waals surface area (Å²) in [6.07, 6.45) is 3.80. The van der Waals surface area contributed by atoms with Crippen molar-refractivity contribution in [3.63, 3.8) is 0 Å². The Labute approximate surface area is 260 Å². The van der Waals surface area contributed by atoms with Gasteiger partial charge in [0.1, 0.15) is 17.4 Å². The molecule has 7 nitrogen and oxygen atoms in total. The van der Waals surface area contributed by atoms with Crippen LogP contribution in [0.15, 0.2) is 65.8 Å². The van der Waals surface area contributed by atoms with Crippen molar-refractivity contribution in [3.8, 4) is 5.75 Å². The minimum Gasteiger partial charge on any atom is -0.491 e. The molecule has 3 atom stereocenters. The molecule has 44 heavy (non-hydrogen) atoms. The lowest BCUT2D eigenvalue weighted by atomic mass is 9.63. The maximum absolute atomic E-state index is 14.3. The number of nitrogens with two attached hydrogens (primary N) is 1. The second kappa shape index (κ2) is 16.0. The van der Waals surface area contributed by atoms with Gasteiger partial charge >= 0.3 is 0 Å². The molecule has 1 unspecified atom stereocenters. The van der Waals surface area contributed by atoms with E-state index in [0.29, 0.717) is 30.8 Å². The maximum Gasteiger partial charge on any atom is 0.249 e. The van der Waals surface area contributed by atoms with Gasteiger partial charge in [-0.15, -0.1) is 0 Å². The molecule has 2 amide bonds. The van der Waals surface area contributed by atoms with Crippen molar-refractivity contribution in [2.24, 2.45) is 17.1 Å². The number of nitrogens with zero attached hydrogens (tertiary/aromatic N) is 1. The molecule has 0 saturated carbocycles. The summed E-state index contributed by atoms with van der Waals surface area (Å²) in [7, 11) is 0. The average Bonchev–Trinajstić information content (AvgIpc) is 2.94. The van der Waals surface area contributed by atoms with Gasteiger partial charge in [-0.3, -0.25) is 9.59 Å². The third-order valence-corrected chi connectivity index (χ3v) is 7.83. The first-order chi connectivity index (χ1) is 20.9. The van der Waals surface area contributed by atoms with Crippen LogP contribution in [0.1, 0.15) is 65.0 Å². The Morgan fingerprint density at radius 1 is 1.07 bits per heavy atom. The first-order valence-electron chi connectivity index (χ1n) is 15.5. The van der Waals surface area contributed by atoms with Crippen molar-refractivity contribution >= 4 is 11.8 Å². The van der Waals surface area contributed by atoms with E-state index in [1.807, 2.05) is 52.0 Å². The summed E-state index contributed by atoms with van der Waals surface area (Å²) in [4.78, 5) is 28.9. The lowest BCUT2D eigenvalue weighted by molar-refractivity contribution is -0.132. The second-order valence-electron chi connectivity index (χ2n) is 12.0. The van der Waals surface area contributed by atoms with Crippen molar-refractivity contribution in [2.75, 3.05) is 19.6 Å². The molecule has 0 heterocycles. The van der Waals surface area contributed by atoms with Crippen LogP contribution in [0.4, 0.5) is 8.78 Å². The highest BCUT2D eigenvalue weighted by Crippen LogP contribution is 2.44. The van der Waals surface area contributed by atoms with E-state index in [2.05, 4.69) is 5.32 Å². The van der Waals surface area contributed by atoms with Gasteiger partial charge in [-0.25, -0.2) is 8.78 Å². The first kappa shape index (κ1) is 34.9. The Bertz CT molecular complexity index is 1330. The number of hydrogen-bond acceptors (Lipinski definition) is 5. The van der Waals surface area contributed by atoms with Gasteiger partial charge in [0.15, 0.2) is 0 Å². The van der Waals surface area contributed by atoms with Crippen LogP contribution in [0, 0.1) is 23.0 Å². The zero-order valence-corrected chi connectivity index (χ0v) is 26.5. The highest BCUT2D eigenvalue weighted by atomic mass is 19.1. The van der Waals surface area contributed by atoms with Crippen LogP contribution >= 0.6 is 0 Å². The van der Waals surface area contributed by atoms with E-state index in [1.165, 1.54) is 12.1 Å². The Morgan fingerprint density at radius 2 is 1.73 bits per heavy atom. The average molecular weight is 612 g/mol. The fourth-order valence-corrected chi connectivity index (χ4v) is 6.07. The molecule has 1 aliphatic rings. The second-order valence-corrected chi connectivity index (χ2v) is 12.0. The van der Waals surface area contributed by atoms with Crippen LogP contribution in [0.5, 0.6) is 5.75 Å². The molecule has 0 aliphatic heterocycles. The molecule has 9 heteroatoms. The number of hydrogen-bond donors (Lipinski definition) is 3. The number of amides is 2. The number of halogens is 2. The van der Waals surface area contributed by atoms with Crippen LogP contribution in [0.2, 0.25) is 0 Å². The van der Waals surface area contributed by atoms with Crippen molar-refractivity contribution in [2.45, 2.75) is 79.1 Å². The predicted octanol–water partition coefficient (Wildman–Crippen LogP) is 5.46. The number of benzene rings is 2. The maximum atomic E-state index is 14.3. The van der Waals surface area contributed by atoms with Crippen LogP contribution in [0.25, 0.3) is 0 Å². The van der Waals surface area contributed by atoms with Crippen molar-refractivity contribution in [1.82, 2.24) is 10.2 Å². The summed E-state index contributed by atoms with van der Waals surface area (Å²) in [5.41, 5.74) is 6.92. The summed E-state index contributed by atoms with van der Waals surface area (Å²) in [5.74, 6) is -2.59. The molecule has 0 saturated heterocycles. The molecule has 240 valence electrons. The van der Waals surface area contributed by atoms with Crippen molar-refractivity contribution in [1.29, 1.82) is 0 Å². The third-order valence-electron chi connectivity index (χ3n) is 7.83. The number of primary amides is 1. The van der Waals surface area contributed by atoms with Gasteiger partial charge in [0.25, 0.3) is 0 Å². The molecule has 2 aromatic carbocycles. The SMILES string of the molecule is CCCN(CCC)C(=O)C1=CC(C)=CC(C(N)=O)([C@H](Cc2cc(F)cc(F)c2)[C@@H](O)CNCc2cccc(OC(C)C)c2)C1. The molecule has 3 rings (SSSR count). The van der Waals surface area contributed by atoms with E-state index < -0.39 is 35.0 Å². The normalized spacial score (nSPS) is 17.9. The Hall–Kier alpha value is -3.56. The molecule has 4 N–H and O–H groups in total. The Balaban J connectivity index is 1.95. The molecule has 0 bridgehead atoms. The lowest BCUT2D eigenvalue weighted by Gasteiger charge is -2.42. The van der Waals surface area contributed by atoms with Crippen LogP contribution in [0.3, 0.4) is 0 Å². The first-order valence-corrected chi connectivity index (χ1v) is 15.5. The van der Waals surface area contributed by atoms with Gasteiger partial charge in [0, 0.05) is 43.7 Å². The molecule has 0 aromatic heterocycles. The number of ether oxygens (including phenoxy) is 1. The third kappa shape index (κ3) is 9.22. The highest BCUT2D eigenvalue weighted by molar-refractivity contribution is 5.97. The molecular formula is C35H47F2N3O4. The summed E-state index contributed by atoms with van der Waals surface area (Å²) in [5, 5.41) is 14.9. The summed E-state index contributed by atoms with van der Waals surface area (Å²) in [6, 6.07) is 10.8. The van der Waals surface area contributed by atoms with E-state index in [0.717, 1.165) is 30.2 Å². The van der Waals surface area contributed by atoms with E-state index in [9.17, 15) is 23.5 Å². The van der Waals surface area contributed by atoms with E-state index in [1.54, 1.807) is 24.0 Å². The van der Waals surface area contributed by atoms with Crippen molar-refractivity contribution < 1.29 is 28.2 Å². The van der Waals surface area contributed by atoms with E-state index in [-0.39, 0.29) is 37.0 Å². The van der Waals surface area contributed by atoms with E-state index >= 15 is 0 Å². The van der Waals surface area contributed by atoms with Crippen molar-refractivity contribution in [3.05, 3.63) is 88.5 Å². The highest BCUT2D eigenvalue weighted by Gasteiger charge is 2.48. The number of nitrogens with one attached hydrogen (secondary N) is 1. The molecule has 2 aromatic rings. The van der Waals surface area contributed by atoms with Crippen LogP contribution in [-0.2, 0) is 22.6 Å². The topological polar surface area (TPSA) is 105 Å². The minimum absolute atomic E-state index is 0.0206. The number of rotatable bonds is 16. The van der Waals surface area contributed by atoms with E-state index in [4.69, 9.17) is 10.5 Å². The fourth-order valence-electron chi connectivity index (χ4n) is 6.07. The van der Waals surface area contributed by atoms with Gasteiger partial charge in [-0.05, 0) is 81.8 Å². The summed E-state index contributed by atoms with van der Waals surface area (Å²) < 4.78 is 34.3. The van der Waals surface area contributed by atoms with Gasteiger partial charge in [-0.1, -0.05) is 43.7 Å². The van der Waals surface area contributed by atoms with Gasteiger partial charge in [0.2, 0.25) is 11.8 Å². The van der Waals surface area contributed by atoms with Gasteiger partial charge < -0.3 is 25.8 Å². The Kier molecular flexibility index (Phi) is 12.7. The number of aliphatic hydroxyl groups excluding tert-OH is 1. The molecule has 0 spiro atoms. The number of aliphatic hydroxyl groups is 1. The molecular weight excluding hydrogens is 564 g/mol. The smallest absolute Gasteiger partial charge is 0.249 e. The van der Waals surface area contributed by atoms with Gasteiger partial charge in [-0.2, -0.15) is 0 Å². The zero-order chi connectivity index (χ0) is 32.4. The fraction of sp³-hybridized carbons (Fsp3) is 0.486. The summed E-state index contributed by atoms with van der Waals surface area (Å²) >= 11 is 0. The van der Waals surface area contributed by atoms with Crippen LogP contribution in [-0.4, -0.2) is 53.7 Å². The monoisotopic (exact) mass is 611 g/mol.